The maximum Gasteiger partial charge on any atom is 0.230 e. The van der Waals surface area contributed by atoms with E-state index in [1.54, 1.807) is 7.11 Å². The SMILES string of the molecule is COc1ccc(C)cc1NC(=O)Cc1nc(-c2ccccc2)oc1C. The summed E-state index contributed by atoms with van der Waals surface area (Å²) in [6, 6.07) is 15.3. The van der Waals surface area contributed by atoms with E-state index in [9.17, 15) is 4.79 Å². The number of hydrogen-bond donors (Lipinski definition) is 1. The van der Waals surface area contributed by atoms with Crippen LogP contribution in [0.2, 0.25) is 0 Å². The molecule has 1 aromatic heterocycles. The molecule has 0 saturated heterocycles. The van der Waals surface area contributed by atoms with Crippen LogP contribution >= 0.6 is 0 Å². The molecular formula is C20H20N2O3. The molecule has 5 heteroatoms. The van der Waals surface area contributed by atoms with Crippen molar-refractivity contribution in [3.8, 4) is 17.2 Å². The van der Waals surface area contributed by atoms with Gasteiger partial charge in [-0.2, -0.15) is 0 Å². The minimum absolute atomic E-state index is 0.138. The van der Waals surface area contributed by atoms with E-state index in [1.807, 2.05) is 62.4 Å². The molecule has 3 aromatic rings. The summed E-state index contributed by atoms with van der Waals surface area (Å²) in [7, 11) is 1.58. The predicted octanol–water partition coefficient (Wildman–Crippen LogP) is 4.15. The number of nitrogens with zero attached hydrogens (tertiary/aromatic N) is 1. The molecule has 0 radical (unpaired) electrons. The first-order valence-electron chi connectivity index (χ1n) is 8.03. The van der Waals surface area contributed by atoms with Gasteiger partial charge in [0.15, 0.2) is 0 Å². The van der Waals surface area contributed by atoms with Crippen LogP contribution in [-0.4, -0.2) is 18.0 Å². The Labute approximate surface area is 146 Å². The number of hydrogen-bond acceptors (Lipinski definition) is 4. The Morgan fingerprint density at radius 1 is 1.16 bits per heavy atom. The van der Waals surface area contributed by atoms with Crippen molar-refractivity contribution in [1.82, 2.24) is 4.98 Å². The van der Waals surface area contributed by atoms with Crippen LogP contribution in [0.25, 0.3) is 11.5 Å². The van der Waals surface area contributed by atoms with Crippen molar-refractivity contribution in [3.63, 3.8) is 0 Å². The fourth-order valence-electron chi connectivity index (χ4n) is 2.56. The maximum atomic E-state index is 12.4. The fraction of sp³-hybridized carbons (Fsp3) is 0.200. The van der Waals surface area contributed by atoms with Gasteiger partial charge in [-0.15, -0.1) is 0 Å². The number of aryl methyl sites for hydroxylation is 2. The molecule has 25 heavy (non-hydrogen) atoms. The molecule has 2 aromatic carbocycles. The van der Waals surface area contributed by atoms with Crippen LogP contribution in [0.5, 0.6) is 5.75 Å². The van der Waals surface area contributed by atoms with Gasteiger partial charge in [0.1, 0.15) is 11.5 Å². The van der Waals surface area contributed by atoms with Gasteiger partial charge in [-0.25, -0.2) is 4.98 Å². The lowest BCUT2D eigenvalue weighted by molar-refractivity contribution is -0.115. The molecule has 0 atom stereocenters. The number of carbonyl (C=O) groups excluding carboxylic acids is 1. The molecular weight excluding hydrogens is 316 g/mol. The van der Waals surface area contributed by atoms with Crippen LogP contribution in [0.1, 0.15) is 17.0 Å². The number of benzene rings is 2. The van der Waals surface area contributed by atoms with E-state index < -0.39 is 0 Å². The summed E-state index contributed by atoms with van der Waals surface area (Å²) in [6.07, 6.45) is 0.138. The second kappa shape index (κ2) is 7.21. The molecule has 0 fully saturated rings. The first kappa shape index (κ1) is 16.8. The standard InChI is InChI=1S/C20H20N2O3/c1-13-9-10-18(24-3)17(11-13)21-19(23)12-16-14(2)25-20(22-16)15-7-5-4-6-8-15/h4-11H,12H2,1-3H3,(H,21,23). The van der Waals surface area contributed by atoms with Gasteiger partial charge < -0.3 is 14.5 Å². The molecule has 0 unspecified atom stereocenters. The third-order valence-electron chi connectivity index (χ3n) is 3.87. The molecule has 0 aliphatic rings. The first-order chi connectivity index (χ1) is 12.1. The van der Waals surface area contributed by atoms with E-state index in [0.29, 0.717) is 28.8 Å². The number of amides is 1. The zero-order valence-electron chi connectivity index (χ0n) is 14.5. The lowest BCUT2D eigenvalue weighted by Gasteiger charge is -2.10. The lowest BCUT2D eigenvalue weighted by atomic mass is 10.2. The fourth-order valence-corrected chi connectivity index (χ4v) is 2.56. The summed E-state index contributed by atoms with van der Waals surface area (Å²) < 4.78 is 11.0. The Bertz CT molecular complexity index is 885. The summed E-state index contributed by atoms with van der Waals surface area (Å²) >= 11 is 0. The summed E-state index contributed by atoms with van der Waals surface area (Å²) in [4.78, 5) is 16.9. The normalized spacial score (nSPS) is 10.5. The summed E-state index contributed by atoms with van der Waals surface area (Å²) in [5.41, 5.74) is 3.21. The molecule has 1 heterocycles. The Kier molecular flexibility index (Phi) is 4.84. The van der Waals surface area contributed by atoms with Gasteiger partial charge in [0.2, 0.25) is 11.8 Å². The molecule has 0 bridgehead atoms. The molecule has 0 spiro atoms. The average molecular weight is 336 g/mol. The number of oxazole rings is 1. The number of nitrogens with one attached hydrogen (secondary N) is 1. The number of anilines is 1. The number of rotatable bonds is 5. The molecule has 128 valence electrons. The molecule has 1 N–H and O–H groups in total. The number of ether oxygens (including phenoxy) is 1. The van der Waals surface area contributed by atoms with Gasteiger partial charge in [-0.3, -0.25) is 4.79 Å². The first-order valence-corrected chi connectivity index (χ1v) is 8.03. The van der Waals surface area contributed by atoms with Crippen LogP contribution in [0, 0.1) is 13.8 Å². The largest absolute Gasteiger partial charge is 0.495 e. The minimum atomic E-state index is -0.167. The highest BCUT2D eigenvalue weighted by Crippen LogP contribution is 2.26. The van der Waals surface area contributed by atoms with Crippen LogP contribution < -0.4 is 10.1 Å². The van der Waals surface area contributed by atoms with E-state index in [2.05, 4.69) is 10.3 Å². The van der Waals surface area contributed by atoms with Gasteiger partial charge in [0.25, 0.3) is 0 Å². The molecule has 1 amide bonds. The Morgan fingerprint density at radius 3 is 2.64 bits per heavy atom. The van der Waals surface area contributed by atoms with Crippen LogP contribution in [0.15, 0.2) is 52.9 Å². The van der Waals surface area contributed by atoms with E-state index in [4.69, 9.17) is 9.15 Å². The molecule has 5 nitrogen and oxygen atoms in total. The van der Waals surface area contributed by atoms with E-state index in [-0.39, 0.29) is 12.3 Å². The van der Waals surface area contributed by atoms with Gasteiger partial charge >= 0.3 is 0 Å². The third-order valence-corrected chi connectivity index (χ3v) is 3.87. The molecule has 3 rings (SSSR count). The Morgan fingerprint density at radius 2 is 1.92 bits per heavy atom. The van der Waals surface area contributed by atoms with E-state index >= 15 is 0 Å². The number of carbonyl (C=O) groups is 1. The van der Waals surface area contributed by atoms with Crippen molar-refractivity contribution in [1.29, 1.82) is 0 Å². The lowest BCUT2D eigenvalue weighted by Crippen LogP contribution is -2.15. The quantitative estimate of drug-likeness (QED) is 0.760. The predicted molar refractivity (Wildman–Crippen MR) is 96.7 cm³/mol. The van der Waals surface area contributed by atoms with Gasteiger partial charge in [-0.1, -0.05) is 24.3 Å². The van der Waals surface area contributed by atoms with Crippen molar-refractivity contribution in [3.05, 3.63) is 65.5 Å². The van der Waals surface area contributed by atoms with Crippen molar-refractivity contribution < 1.29 is 13.9 Å². The summed E-state index contributed by atoms with van der Waals surface area (Å²) in [5.74, 6) is 1.62. The average Bonchev–Trinajstić information content (AvgIpc) is 2.96. The molecule has 0 aliphatic heterocycles. The van der Waals surface area contributed by atoms with Crippen LogP contribution in [-0.2, 0) is 11.2 Å². The zero-order chi connectivity index (χ0) is 17.8. The van der Waals surface area contributed by atoms with Gasteiger partial charge in [0, 0.05) is 5.56 Å². The van der Waals surface area contributed by atoms with Crippen molar-refractivity contribution in [2.45, 2.75) is 20.3 Å². The second-order valence-corrected chi connectivity index (χ2v) is 5.82. The molecule has 0 aliphatic carbocycles. The van der Waals surface area contributed by atoms with Crippen molar-refractivity contribution in [2.24, 2.45) is 0 Å². The van der Waals surface area contributed by atoms with Crippen molar-refractivity contribution in [2.75, 3.05) is 12.4 Å². The maximum absolute atomic E-state index is 12.4. The highest BCUT2D eigenvalue weighted by atomic mass is 16.5. The van der Waals surface area contributed by atoms with Crippen LogP contribution in [0.3, 0.4) is 0 Å². The highest BCUT2D eigenvalue weighted by Gasteiger charge is 2.16. The minimum Gasteiger partial charge on any atom is -0.495 e. The van der Waals surface area contributed by atoms with Gasteiger partial charge in [0.05, 0.1) is 24.9 Å². The smallest absolute Gasteiger partial charge is 0.230 e. The summed E-state index contributed by atoms with van der Waals surface area (Å²) in [5, 5.41) is 2.88. The van der Waals surface area contributed by atoms with Crippen LogP contribution in [0.4, 0.5) is 5.69 Å². The van der Waals surface area contributed by atoms with E-state index in [0.717, 1.165) is 11.1 Å². The zero-order valence-corrected chi connectivity index (χ0v) is 14.5. The third kappa shape index (κ3) is 3.88. The number of aromatic nitrogens is 1. The van der Waals surface area contributed by atoms with Crippen molar-refractivity contribution >= 4 is 11.6 Å². The van der Waals surface area contributed by atoms with Gasteiger partial charge in [-0.05, 0) is 43.7 Å². The second-order valence-electron chi connectivity index (χ2n) is 5.82. The summed E-state index contributed by atoms with van der Waals surface area (Å²) in [6.45, 7) is 3.78. The van der Waals surface area contributed by atoms with E-state index in [1.165, 1.54) is 0 Å². The number of methoxy groups -OCH3 is 1. The molecule has 0 saturated carbocycles. The Balaban J connectivity index is 1.76. The highest BCUT2D eigenvalue weighted by molar-refractivity contribution is 5.93. The monoisotopic (exact) mass is 336 g/mol. The Hall–Kier alpha value is -3.08. The topological polar surface area (TPSA) is 64.4 Å².